The molecule has 0 saturated carbocycles. The summed E-state index contributed by atoms with van der Waals surface area (Å²) >= 11 is 0. The van der Waals surface area contributed by atoms with Gasteiger partial charge in [0.05, 0.1) is 0 Å². The number of nitrogens with two attached hydrogens (primary N) is 2. The lowest BCUT2D eigenvalue weighted by Gasteiger charge is -2.03. The molecule has 4 nitrogen and oxygen atoms in total. The highest BCUT2D eigenvalue weighted by Crippen LogP contribution is 1.89. The first-order valence-electron chi connectivity index (χ1n) is 4.97. The standard InChI is InChI=1S/C8H21BN2O2/c10-5-1-3-7-12-9-13-8-4-2-6-11/h9H,1-8,10-11H2. The average molecular weight is 188 g/mol. The van der Waals surface area contributed by atoms with Crippen molar-refractivity contribution in [3.63, 3.8) is 0 Å². The lowest BCUT2D eigenvalue weighted by atomic mass is 10.3. The summed E-state index contributed by atoms with van der Waals surface area (Å²) in [5.74, 6) is 0. The van der Waals surface area contributed by atoms with Crippen molar-refractivity contribution >= 4 is 7.69 Å². The van der Waals surface area contributed by atoms with Gasteiger partial charge in [0.1, 0.15) is 0 Å². The predicted molar refractivity (Wildman–Crippen MR) is 55.6 cm³/mol. The zero-order valence-corrected chi connectivity index (χ0v) is 8.34. The third kappa shape index (κ3) is 11.9. The maximum absolute atomic E-state index is 5.33. The topological polar surface area (TPSA) is 70.5 Å². The molecule has 0 aliphatic heterocycles. The molecule has 13 heavy (non-hydrogen) atoms. The van der Waals surface area contributed by atoms with Crippen molar-refractivity contribution in [3.8, 4) is 0 Å². The largest absolute Gasteiger partial charge is 0.438 e. The zero-order valence-electron chi connectivity index (χ0n) is 8.34. The summed E-state index contributed by atoms with van der Waals surface area (Å²) in [4.78, 5) is 0. The monoisotopic (exact) mass is 188 g/mol. The molecule has 4 N–H and O–H groups in total. The normalized spacial score (nSPS) is 10.3. The molecular weight excluding hydrogens is 167 g/mol. The first kappa shape index (κ1) is 12.9. The fourth-order valence-electron chi connectivity index (χ4n) is 0.874. The lowest BCUT2D eigenvalue weighted by Crippen LogP contribution is -2.09. The molecule has 0 aromatic heterocycles. The number of unbranched alkanes of at least 4 members (excludes halogenated alkanes) is 2. The molecule has 0 aromatic rings. The summed E-state index contributed by atoms with van der Waals surface area (Å²) in [7, 11) is 0.398. The molecule has 0 aliphatic carbocycles. The van der Waals surface area contributed by atoms with Crippen LogP contribution in [0.15, 0.2) is 0 Å². The minimum Gasteiger partial charge on any atom is -0.414 e. The molecule has 0 aliphatic rings. The second-order valence-corrected chi connectivity index (χ2v) is 2.93. The Bertz CT molecular complexity index is 86.2. The first-order chi connectivity index (χ1) is 6.41. The van der Waals surface area contributed by atoms with Crippen molar-refractivity contribution in [2.24, 2.45) is 11.5 Å². The predicted octanol–water partition coefficient (Wildman–Crippen LogP) is -0.236. The Morgan fingerprint density at radius 3 is 1.62 bits per heavy atom. The van der Waals surface area contributed by atoms with Gasteiger partial charge in [-0.25, -0.2) is 0 Å². The summed E-state index contributed by atoms with van der Waals surface area (Å²) < 4.78 is 10.4. The zero-order chi connectivity index (χ0) is 9.78. The molecular formula is C8H21BN2O2. The maximum Gasteiger partial charge on any atom is 0.438 e. The molecule has 0 heterocycles. The van der Waals surface area contributed by atoms with Gasteiger partial charge in [0, 0.05) is 13.2 Å². The molecule has 0 amide bonds. The fraction of sp³-hybridized carbons (Fsp3) is 1.00. The molecule has 0 bridgehead atoms. The summed E-state index contributed by atoms with van der Waals surface area (Å²) in [6, 6.07) is 0. The van der Waals surface area contributed by atoms with Crippen LogP contribution in [0.25, 0.3) is 0 Å². The summed E-state index contributed by atoms with van der Waals surface area (Å²) in [5, 5.41) is 0. The molecule has 0 atom stereocenters. The number of hydrogen-bond donors (Lipinski definition) is 2. The van der Waals surface area contributed by atoms with E-state index in [0.717, 1.165) is 52.0 Å². The van der Waals surface area contributed by atoms with E-state index in [1.807, 2.05) is 0 Å². The van der Waals surface area contributed by atoms with Gasteiger partial charge in [-0.15, -0.1) is 0 Å². The van der Waals surface area contributed by atoms with E-state index in [9.17, 15) is 0 Å². The van der Waals surface area contributed by atoms with Crippen LogP contribution in [-0.2, 0) is 9.31 Å². The van der Waals surface area contributed by atoms with Crippen LogP contribution < -0.4 is 11.5 Å². The van der Waals surface area contributed by atoms with E-state index < -0.39 is 0 Å². The van der Waals surface area contributed by atoms with Gasteiger partial charge in [0.25, 0.3) is 0 Å². The highest BCUT2D eigenvalue weighted by atomic mass is 16.6. The molecule has 0 aromatic carbocycles. The van der Waals surface area contributed by atoms with E-state index in [2.05, 4.69) is 0 Å². The Morgan fingerprint density at radius 2 is 1.23 bits per heavy atom. The van der Waals surface area contributed by atoms with Crippen molar-refractivity contribution in [1.82, 2.24) is 0 Å². The minimum atomic E-state index is 0.398. The van der Waals surface area contributed by atoms with E-state index in [0.29, 0.717) is 7.69 Å². The van der Waals surface area contributed by atoms with E-state index >= 15 is 0 Å². The second-order valence-electron chi connectivity index (χ2n) is 2.93. The van der Waals surface area contributed by atoms with Crippen LogP contribution in [0.4, 0.5) is 0 Å². The van der Waals surface area contributed by atoms with Gasteiger partial charge in [-0.3, -0.25) is 0 Å². The second kappa shape index (κ2) is 11.9. The molecule has 0 spiro atoms. The highest BCUT2D eigenvalue weighted by molar-refractivity contribution is 6.17. The molecule has 0 unspecified atom stereocenters. The van der Waals surface area contributed by atoms with Crippen LogP contribution in [-0.4, -0.2) is 34.0 Å². The van der Waals surface area contributed by atoms with Gasteiger partial charge >= 0.3 is 7.69 Å². The van der Waals surface area contributed by atoms with E-state index in [1.54, 1.807) is 0 Å². The van der Waals surface area contributed by atoms with Gasteiger partial charge in [-0.2, -0.15) is 0 Å². The molecule has 0 radical (unpaired) electrons. The van der Waals surface area contributed by atoms with E-state index in [-0.39, 0.29) is 0 Å². The van der Waals surface area contributed by atoms with Gasteiger partial charge in [-0.05, 0) is 38.8 Å². The number of rotatable bonds is 10. The molecule has 0 fully saturated rings. The molecule has 0 saturated heterocycles. The van der Waals surface area contributed by atoms with Gasteiger partial charge < -0.3 is 20.8 Å². The Balaban J connectivity index is 2.76. The average Bonchev–Trinajstić information content (AvgIpc) is 2.16. The van der Waals surface area contributed by atoms with Crippen molar-refractivity contribution < 1.29 is 9.31 Å². The van der Waals surface area contributed by atoms with Crippen LogP contribution in [0.1, 0.15) is 25.7 Å². The molecule has 5 heteroatoms. The van der Waals surface area contributed by atoms with Crippen molar-refractivity contribution in [2.45, 2.75) is 25.7 Å². The summed E-state index contributed by atoms with van der Waals surface area (Å²) in [6.45, 7) is 2.96. The Morgan fingerprint density at radius 1 is 0.769 bits per heavy atom. The summed E-state index contributed by atoms with van der Waals surface area (Å²) in [5.41, 5.74) is 10.7. The Hall–Kier alpha value is -0.0951. The van der Waals surface area contributed by atoms with Gasteiger partial charge in [-0.1, -0.05) is 0 Å². The fourth-order valence-corrected chi connectivity index (χ4v) is 0.874. The van der Waals surface area contributed by atoms with Crippen LogP contribution in [0.2, 0.25) is 0 Å². The van der Waals surface area contributed by atoms with Crippen molar-refractivity contribution in [3.05, 3.63) is 0 Å². The highest BCUT2D eigenvalue weighted by Gasteiger charge is 1.92. The summed E-state index contributed by atoms with van der Waals surface area (Å²) in [6.07, 6.45) is 4.08. The van der Waals surface area contributed by atoms with E-state index in [1.165, 1.54) is 0 Å². The molecule has 0 rings (SSSR count). The maximum atomic E-state index is 5.33. The van der Waals surface area contributed by atoms with Gasteiger partial charge in [0.15, 0.2) is 0 Å². The smallest absolute Gasteiger partial charge is 0.414 e. The lowest BCUT2D eigenvalue weighted by molar-refractivity contribution is 0.215. The third-order valence-electron chi connectivity index (χ3n) is 1.65. The van der Waals surface area contributed by atoms with Gasteiger partial charge in [0.2, 0.25) is 0 Å². The van der Waals surface area contributed by atoms with Crippen LogP contribution in [0, 0.1) is 0 Å². The van der Waals surface area contributed by atoms with Crippen LogP contribution in [0.3, 0.4) is 0 Å². The van der Waals surface area contributed by atoms with Crippen molar-refractivity contribution in [1.29, 1.82) is 0 Å². The quantitative estimate of drug-likeness (QED) is 0.366. The first-order valence-corrected chi connectivity index (χ1v) is 4.97. The van der Waals surface area contributed by atoms with Crippen LogP contribution in [0.5, 0.6) is 0 Å². The van der Waals surface area contributed by atoms with Crippen LogP contribution >= 0.6 is 0 Å². The minimum absolute atomic E-state index is 0.398. The Labute approximate surface area is 81.3 Å². The molecule has 78 valence electrons. The van der Waals surface area contributed by atoms with Crippen molar-refractivity contribution in [2.75, 3.05) is 26.3 Å². The Kier molecular flexibility index (Phi) is 11.8. The third-order valence-corrected chi connectivity index (χ3v) is 1.65. The SMILES string of the molecule is NCCCCOBOCCCCN. The van der Waals surface area contributed by atoms with E-state index in [4.69, 9.17) is 20.8 Å². The number of hydrogen-bond acceptors (Lipinski definition) is 4.